The number of rotatable bonds is 0. The number of hydrogen-bond acceptors (Lipinski definition) is 0. The first-order valence-corrected chi connectivity index (χ1v) is 4.42. The third kappa shape index (κ3) is 22.2. The Morgan fingerprint density at radius 1 is 1.12 bits per heavy atom. The maximum Gasteiger partial charge on any atom is 2.00 e. The molecule has 0 saturated carbocycles. The third-order valence-electron chi connectivity index (χ3n) is 1.10. The van der Waals surface area contributed by atoms with E-state index in [4.69, 9.17) is 0 Å². The van der Waals surface area contributed by atoms with Crippen LogP contribution in [-0.4, -0.2) is 0 Å². The molecule has 1 aliphatic rings. The zero-order chi connectivity index (χ0) is 7.94. The van der Waals surface area contributed by atoms with Crippen molar-refractivity contribution in [3.8, 4) is 0 Å². The summed E-state index contributed by atoms with van der Waals surface area (Å²) in [6.45, 7) is 3.62. The topological polar surface area (TPSA) is 0 Å². The Hall–Kier alpha value is 0.463. The van der Waals surface area contributed by atoms with E-state index in [2.05, 4.69) is 24.3 Å². The summed E-state index contributed by atoms with van der Waals surface area (Å²) >= 11 is 0. The van der Waals surface area contributed by atoms with E-state index in [1.165, 1.54) is 0 Å². The Labute approximate surface area is 141 Å². The van der Waals surface area contributed by atoms with Crippen LogP contribution in [0.5, 0.6) is 0 Å². The Morgan fingerprint density at radius 3 is 1.82 bits per heavy atom. The predicted octanol–water partition coefficient (Wildman–Crippen LogP) is -1.65. The van der Waals surface area contributed by atoms with Crippen LogP contribution in [0, 0.1) is 34.2 Å². The summed E-state index contributed by atoms with van der Waals surface area (Å²) < 4.78 is 0. The summed E-state index contributed by atoms with van der Waals surface area (Å²) in [7, 11) is 0.823. The standard InChI is InChI=1S/C6H5.C4H4P.3CH3.2ClH.Zr/c1-6-4-2-3-5-6;1-2-4-5-3-1;;;;;;/h2-4H,1H2;1-3,5H;3*1H3;2*1H;/q5*-1;;;+2/p-2. The average Bonchev–Trinajstić information content (AvgIpc) is 2.57. The molecular weight excluding hydrogens is 349 g/mol. The second-order valence-electron chi connectivity index (χ2n) is 2.01. The van der Waals surface area contributed by atoms with E-state index in [1.807, 2.05) is 30.4 Å². The molecule has 17 heavy (non-hydrogen) atoms. The molecule has 1 aromatic heterocycles. The molecule has 4 heteroatoms. The van der Waals surface area contributed by atoms with Crippen LogP contribution in [0.1, 0.15) is 0 Å². The van der Waals surface area contributed by atoms with Crippen LogP contribution in [0.4, 0.5) is 0 Å². The van der Waals surface area contributed by atoms with Gasteiger partial charge in [0, 0.05) is 0 Å². The van der Waals surface area contributed by atoms with Gasteiger partial charge in [0.15, 0.2) is 0 Å². The molecule has 0 radical (unpaired) electrons. The number of hydrogen-bond donors (Lipinski definition) is 0. The van der Waals surface area contributed by atoms with Gasteiger partial charge in [0.1, 0.15) is 0 Å². The Bertz CT molecular complexity index is 236. The van der Waals surface area contributed by atoms with Crippen LogP contribution in [0.15, 0.2) is 48.3 Å². The molecule has 1 atom stereocenters. The van der Waals surface area contributed by atoms with Crippen molar-refractivity contribution in [1.82, 2.24) is 0 Å². The monoisotopic (exact) mass is 365 g/mol. The van der Waals surface area contributed by atoms with E-state index in [-0.39, 0.29) is 73.3 Å². The minimum Gasteiger partial charge on any atom is -1.00 e. The minimum atomic E-state index is 0. The fourth-order valence-electron chi connectivity index (χ4n) is 0.608. The van der Waals surface area contributed by atoms with Gasteiger partial charge in [-0.25, -0.2) is 6.07 Å². The third-order valence-corrected chi connectivity index (χ3v) is 1.80. The van der Waals surface area contributed by atoms with E-state index in [9.17, 15) is 0 Å². The van der Waals surface area contributed by atoms with Crippen molar-refractivity contribution in [3.05, 3.63) is 82.5 Å². The van der Waals surface area contributed by atoms with E-state index in [0.29, 0.717) is 0 Å². The molecule has 0 saturated heterocycles. The van der Waals surface area contributed by atoms with Gasteiger partial charge in [-0.3, -0.25) is 8.19 Å². The van der Waals surface area contributed by atoms with Gasteiger partial charge in [-0.05, 0) is 0 Å². The first-order chi connectivity index (χ1) is 5.39. The van der Waals surface area contributed by atoms with Gasteiger partial charge in [-0.2, -0.15) is 48.0 Å². The van der Waals surface area contributed by atoms with Crippen molar-refractivity contribution in [2.24, 2.45) is 0 Å². The Balaban J connectivity index is -0.0000000265. The predicted molar refractivity (Wildman–Crippen MR) is 70.1 cm³/mol. The molecule has 0 aromatic carbocycles. The molecule has 0 bridgehead atoms. The van der Waals surface area contributed by atoms with Gasteiger partial charge < -0.3 is 47.1 Å². The smallest absolute Gasteiger partial charge is 1.00 e. The van der Waals surface area contributed by atoms with Crippen molar-refractivity contribution in [1.29, 1.82) is 0 Å². The summed E-state index contributed by atoms with van der Waals surface area (Å²) in [5, 5.41) is 0. The van der Waals surface area contributed by atoms with E-state index in [0.717, 1.165) is 13.8 Å². The van der Waals surface area contributed by atoms with Gasteiger partial charge >= 0.3 is 26.2 Å². The van der Waals surface area contributed by atoms with E-state index < -0.39 is 0 Å². The van der Waals surface area contributed by atoms with Crippen molar-refractivity contribution >= 4 is 8.19 Å². The van der Waals surface area contributed by atoms with Gasteiger partial charge in [0.2, 0.25) is 0 Å². The fourth-order valence-corrected chi connectivity index (χ4v) is 1.09. The SMILES string of the molecule is C=C1[C-]=CC=C1.[CH3-].[CH3-].[CH3-].[Cl-].[Cl-].[Zr+2].[c-]1ccc[pH]1. The van der Waals surface area contributed by atoms with Crippen LogP contribution in [-0.2, 0) is 26.2 Å². The van der Waals surface area contributed by atoms with E-state index >= 15 is 0 Å². The second kappa shape index (κ2) is 25.3. The average molecular weight is 367 g/mol. The summed E-state index contributed by atoms with van der Waals surface area (Å²) in [6.07, 6.45) is 8.57. The fraction of sp³-hybridized carbons (Fsp3) is 0. The first kappa shape index (κ1) is 36.0. The van der Waals surface area contributed by atoms with Crippen molar-refractivity contribution in [3.63, 3.8) is 0 Å². The normalized spacial score (nSPS) is 8.82. The molecule has 0 N–H and O–H groups in total. The van der Waals surface area contributed by atoms with Crippen LogP contribution < -0.4 is 24.8 Å². The molecule has 2 rings (SSSR count). The van der Waals surface area contributed by atoms with Gasteiger partial charge in [0.25, 0.3) is 0 Å². The van der Waals surface area contributed by atoms with Crippen LogP contribution in [0.25, 0.3) is 0 Å². The second-order valence-corrected chi connectivity index (χ2v) is 2.92. The van der Waals surface area contributed by atoms with Crippen molar-refractivity contribution in [2.75, 3.05) is 0 Å². The molecule has 0 amide bonds. The summed E-state index contributed by atoms with van der Waals surface area (Å²) in [4.78, 5) is 0. The molecule has 0 spiro atoms. The summed E-state index contributed by atoms with van der Waals surface area (Å²) in [5.74, 6) is 5.11. The van der Waals surface area contributed by atoms with Gasteiger partial charge in [-0.15, -0.1) is 6.08 Å². The molecule has 1 heterocycles. The largest absolute Gasteiger partial charge is 2.00 e. The van der Waals surface area contributed by atoms with E-state index in [1.54, 1.807) is 0 Å². The molecule has 0 fully saturated rings. The molecule has 0 aliphatic heterocycles. The molecule has 98 valence electrons. The Kier molecular flexibility index (Phi) is 53.7. The summed E-state index contributed by atoms with van der Waals surface area (Å²) in [5.41, 5.74) is 0.968. The van der Waals surface area contributed by atoms with Crippen LogP contribution >= 0.6 is 8.19 Å². The van der Waals surface area contributed by atoms with Crippen molar-refractivity contribution < 1.29 is 51.0 Å². The molecule has 0 nitrogen and oxygen atoms in total. The van der Waals surface area contributed by atoms with Gasteiger partial charge in [0.05, 0.1) is 0 Å². The van der Waals surface area contributed by atoms with Gasteiger partial charge in [-0.1, -0.05) is 0 Å². The number of halogens is 2. The molecule has 1 unspecified atom stereocenters. The van der Waals surface area contributed by atoms with Crippen molar-refractivity contribution in [2.45, 2.75) is 0 Å². The molecule has 1 aromatic rings. The van der Waals surface area contributed by atoms with Crippen LogP contribution in [0.2, 0.25) is 0 Å². The maximum atomic E-state index is 3.62. The number of allylic oxidation sites excluding steroid dienone is 5. The zero-order valence-corrected chi connectivity index (χ0v) is 15.4. The molecule has 1 aliphatic carbocycles. The first-order valence-electron chi connectivity index (χ1n) is 3.34. The zero-order valence-electron chi connectivity index (χ0n) is 10.4. The molecular formula is C13H18Cl2PZr-5. The maximum absolute atomic E-state index is 3.62. The Morgan fingerprint density at radius 2 is 1.71 bits per heavy atom. The van der Waals surface area contributed by atoms with Crippen LogP contribution in [0.3, 0.4) is 0 Å². The summed E-state index contributed by atoms with van der Waals surface area (Å²) in [6, 6.07) is 3.96. The quantitative estimate of drug-likeness (QED) is 0.482. The minimum absolute atomic E-state index is 0.